The number of aromatic nitrogens is 5. The molecule has 0 amide bonds. The fourth-order valence-electron chi connectivity index (χ4n) is 1.39. The highest BCUT2D eigenvalue weighted by Gasteiger charge is 2.16. The van der Waals surface area contributed by atoms with Crippen LogP contribution in [0, 0.1) is 0 Å². The first-order valence-electron chi connectivity index (χ1n) is 5.12. The lowest BCUT2D eigenvalue weighted by Gasteiger charge is -2.11. The topological polar surface area (TPSA) is 56.5 Å². The van der Waals surface area contributed by atoms with Crippen molar-refractivity contribution >= 4 is 23.4 Å². The molecule has 0 unspecified atom stereocenters. The van der Waals surface area contributed by atoms with Gasteiger partial charge in [0.1, 0.15) is 22.8 Å². The Morgan fingerprint density at radius 1 is 1.24 bits per heavy atom. The van der Waals surface area contributed by atoms with Crippen LogP contribution < -0.4 is 0 Å². The quantitative estimate of drug-likeness (QED) is 0.802. The van der Waals surface area contributed by atoms with Crippen LogP contribution in [0.1, 0.15) is 25.3 Å². The smallest absolute Gasteiger partial charge is 0.192 e. The van der Waals surface area contributed by atoms with E-state index in [9.17, 15) is 0 Å². The minimum Gasteiger partial charge on any atom is -0.244 e. The predicted molar refractivity (Wildman–Crippen MR) is 66.3 cm³/mol. The average Bonchev–Trinajstić information content (AvgIpc) is 2.64. The molecular weight excluding hydrogens is 258 g/mol. The van der Waals surface area contributed by atoms with E-state index in [0.29, 0.717) is 5.15 Å². The van der Waals surface area contributed by atoms with Crippen LogP contribution in [0.3, 0.4) is 0 Å². The van der Waals surface area contributed by atoms with E-state index in [0.717, 1.165) is 15.7 Å². The molecule has 0 aliphatic carbocycles. The third-order valence-corrected chi connectivity index (χ3v) is 3.61. The second-order valence-electron chi connectivity index (χ2n) is 3.81. The number of aryl methyl sites for hydroxylation is 1. The lowest BCUT2D eigenvalue weighted by molar-refractivity contribution is 0.683. The van der Waals surface area contributed by atoms with Gasteiger partial charge in [0.15, 0.2) is 5.16 Å². The van der Waals surface area contributed by atoms with Crippen molar-refractivity contribution in [1.29, 1.82) is 0 Å². The highest BCUT2D eigenvalue weighted by molar-refractivity contribution is 7.99. The summed E-state index contributed by atoms with van der Waals surface area (Å²) in [4.78, 5) is 12.4. The molecule has 0 radical (unpaired) electrons. The minimum absolute atomic E-state index is 0.263. The van der Waals surface area contributed by atoms with Gasteiger partial charge in [-0.15, -0.1) is 0 Å². The van der Waals surface area contributed by atoms with Gasteiger partial charge in [-0.05, 0) is 17.7 Å². The first kappa shape index (κ1) is 12.3. The van der Waals surface area contributed by atoms with Crippen LogP contribution in [0.25, 0.3) is 0 Å². The number of nitrogens with zero attached hydrogens (tertiary/aromatic N) is 5. The van der Waals surface area contributed by atoms with E-state index < -0.39 is 0 Å². The summed E-state index contributed by atoms with van der Waals surface area (Å²) >= 11 is 7.54. The molecule has 2 rings (SSSR count). The van der Waals surface area contributed by atoms with Crippen LogP contribution in [0.15, 0.2) is 22.8 Å². The van der Waals surface area contributed by atoms with E-state index >= 15 is 0 Å². The number of halogens is 1. The highest BCUT2D eigenvalue weighted by Crippen LogP contribution is 2.33. The van der Waals surface area contributed by atoms with Crippen molar-refractivity contribution in [2.75, 3.05) is 0 Å². The van der Waals surface area contributed by atoms with E-state index in [1.54, 1.807) is 4.68 Å². The summed E-state index contributed by atoms with van der Waals surface area (Å²) in [6.45, 7) is 4.12. The molecule has 0 atom stereocenters. The largest absolute Gasteiger partial charge is 0.244 e. The van der Waals surface area contributed by atoms with Gasteiger partial charge in [-0.2, -0.15) is 5.10 Å². The normalized spacial score (nSPS) is 11.1. The molecule has 0 aromatic carbocycles. The number of hydrogen-bond donors (Lipinski definition) is 0. The lowest BCUT2D eigenvalue weighted by atomic mass is 10.1. The molecule has 90 valence electrons. The Kier molecular flexibility index (Phi) is 3.63. The summed E-state index contributed by atoms with van der Waals surface area (Å²) in [7, 11) is 1.84. The monoisotopic (exact) mass is 269 g/mol. The minimum atomic E-state index is 0.263. The molecule has 0 spiro atoms. The number of hydrogen-bond acceptors (Lipinski definition) is 5. The van der Waals surface area contributed by atoms with E-state index in [2.05, 4.69) is 33.9 Å². The molecule has 0 bridgehead atoms. The molecule has 0 fully saturated rings. The summed E-state index contributed by atoms with van der Waals surface area (Å²) in [6.07, 6.45) is 2.98. The Bertz CT molecular complexity index is 525. The van der Waals surface area contributed by atoms with Crippen LogP contribution in [0.4, 0.5) is 0 Å². The molecular formula is C10H12ClN5S. The van der Waals surface area contributed by atoms with Crippen molar-refractivity contribution < 1.29 is 0 Å². The van der Waals surface area contributed by atoms with Crippen molar-refractivity contribution in [3.63, 3.8) is 0 Å². The van der Waals surface area contributed by atoms with Gasteiger partial charge >= 0.3 is 0 Å². The molecule has 2 heterocycles. The molecule has 0 saturated carbocycles. The van der Waals surface area contributed by atoms with Crippen LogP contribution >= 0.6 is 23.4 Å². The molecule has 0 saturated heterocycles. The standard InChI is InChI=1S/C10H12ClN5S/c1-6(2)7-8(11)12-4-13-9(7)17-10-14-5-15-16(10)3/h4-6H,1-3H3. The van der Waals surface area contributed by atoms with Gasteiger partial charge in [0.25, 0.3) is 0 Å². The van der Waals surface area contributed by atoms with E-state index in [4.69, 9.17) is 11.6 Å². The fraction of sp³-hybridized carbons (Fsp3) is 0.400. The maximum absolute atomic E-state index is 6.10. The Morgan fingerprint density at radius 2 is 2.00 bits per heavy atom. The third kappa shape index (κ3) is 2.58. The van der Waals surface area contributed by atoms with Gasteiger partial charge in [-0.1, -0.05) is 25.4 Å². The van der Waals surface area contributed by atoms with E-state index in [-0.39, 0.29) is 5.92 Å². The molecule has 2 aromatic heterocycles. The first-order chi connectivity index (χ1) is 8.09. The fourth-order valence-corrected chi connectivity index (χ4v) is 2.79. The third-order valence-electron chi connectivity index (χ3n) is 2.23. The van der Waals surface area contributed by atoms with Crippen LogP contribution in [-0.4, -0.2) is 24.7 Å². The Hall–Kier alpha value is -1.14. The Labute approximate surface area is 109 Å². The highest BCUT2D eigenvalue weighted by atomic mass is 35.5. The van der Waals surface area contributed by atoms with Gasteiger partial charge in [0, 0.05) is 12.6 Å². The molecule has 2 aromatic rings. The van der Waals surface area contributed by atoms with Crippen molar-refractivity contribution in [2.24, 2.45) is 7.05 Å². The van der Waals surface area contributed by atoms with Crippen molar-refractivity contribution in [3.05, 3.63) is 23.4 Å². The molecule has 0 N–H and O–H groups in total. The van der Waals surface area contributed by atoms with Gasteiger partial charge in [-0.3, -0.25) is 0 Å². The lowest BCUT2D eigenvalue weighted by Crippen LogP contribution is -1.99. The van der Waals surface area contributed by atoms with Crippen molar-refractivity contribution in [1.82, 2.24) is 24.7 Å². The van der Waals surface area contributed by atoms with Gasteiger partial charge in [0.05, 0.1) is 0 Å². The Balaban J connectivity index is 2.39. The number of rotatable bonds is 3. The zero-order chi connectivity index (χ0) is 12.4. The van der Waals surface area contributed by atoms with Crippen molar-refractivity contribution in [3.8, 4) is 0 Å². The zero-order valence-corrected chi connectivity index (χ0v) is 11.3. The van der Waals surface area contributed by atoms with Gasteiger partial charge in [-0.25, -0.2) is 19.6 Å². The SMILES string of the molecule is CC(C)c1c(Cl)ncnc1Sc1ncnn1C. The second kappa shape index (κ2) is 5.01. The van der Waals surface area contributed by atoms with Gasteiger partial charge < -0.3 is 0 Å². The summed E-state index contributed by atoms with van der Waals surface area (Å²) in [5, 5.41) is 6.13. The van der Waals surface area contributed by atoms with Crippen LogP contribution in [-0.2, 0) is 7.05 Å². The summed E-state index contributed by atoms with van der Waals surface area (Å²) < 4.78 is 1.70. The van der Waals surface area contributed by atoms with E-state index in [1.165, 1.54) is 24.4 Å². The summed E-state index contributed by atoms with van der Waals surface area (Å²) in [5.74, 6) is 0.263. The van der Waals surface area contributed by atoms with E-state index in [1.807, 2.05) is 7.05 Å². The predicted octanol–water partition coefficient (Wildman–Crippen LogP) is 2.53. The molecule has 7 heteroatoms. The maximum Gasteiger partial charge on any atom is 0.192 e. The Morgan fingerprint density at radius 3 is 2.59 bits per heavy atom. The summed E-state index contributed by atoms with van der Waals surface area (Å²) in [6, 6.07) is 0. The molecule has 0 aliphatic heterocycles. The molecule has 17 heavy (non-hydrogen) atoms. The summed E-state index contributed by atoms with van der Waals surface area (Å²) in [5.41, 5.74) is 0.946. The van der Waals surface area contributed by atoms with Crippen LogP contribution in [0.5, 0.6) is 0 Å². The molecule has 0 aliphatic rings. The average molecular weight is 270 g/mol. The maximum atomic E-state index is 6.10. The zero-order valence-electron chi connectivity index (χ0n) is 9.75. The molecule has 5 nitrogen and oxygen atoms in total. The van der Waals surface area contributed by atoms with Crippen LogP contribution in [0.2, 0.25) is 5.15 Å². The first-order valence-corrected chi connectivity index (χ1v) is 6.31. The van der Waals surface area contributed by atoms with Crippen molar-refractivity contribution in [2.45, 2.75) is 29.9 Å². The second-order valence-corrected chi connectivity index (χ2v) is 5.12. The van der Waals surface area contributed by atoms with Gasteiger partial charge in [0.2, 0.25) is 0 Å².